The average molecular weight is 363 g/mol. The van der Waals surface area contributed by atoms with Crippen LogP contribution >= 0.6 is 11.6 Å². The Balaban J connectivity index is 2.07. The first-order valence-electron chi connectivity index (χ1n) is 8.16. The highest BCUT2D eigenvalue weighted by Crippen LogP contribution is 2.36. The molecule has 0 spiro atoms. The van der Waals surface area contributed by atoms with E-state index in [1.165, 1.54) is 0 Å². The topological polar surface area (TPSA) is 52.1 Å². The maximum Gasteiger partial charge on any atom is 0.179 e. The van der Waals surface area contributed by atoms with Gasteiger partial charge in [0.15, 0.2) is 11.5 Å². The molecule has 0 saturated carbocycles. The van der Waals surface area contributed by atoms with Gasteiger partial charge in [-0.1, -0.05) is 29.8 Å². The summed E-state index contributed by atoms with van der Waals surface area (Å²) >= 11 is 6.29. The Morgan fingerprint density at radius 2 is 1.84 bits per heavy atom. The normalized spacial score (nSPS) is 10.7. The molecular weight excluding hydrogens is 340 g/mol. The van der Waals surface area contributed by atoms with E-state index < -0.39 is 0 Å². The quantitative estimate of drug-likeness (QED) is 0.534. The monoisotopic (exact) mass is 362 g/mol. The predicted molar refractivity (Wildman–Crippen MR) is 101 cm³/mol. The second-order valence-electron chi connectivity index (χ2n) is 5.10. The van der Waals surface area contributed by atoms with Crippen molar-refractivity contribution in [1.82, 2.24) is 5.43 Å². The SMILES string of the molecule is CCOc1cc(/C=N\NCc2ccccc2OC)cc(Cl)c1OCC. The van der Waals surface area contributed by atoms with Crippen molar-refractivity contribution in [2.75, 3.05) is 20.3 Å². The third-order valence-electron chi connectivity index (χ3n) is 3.39. The fourth-order valence-electron chi connectivity index (χ4n) is 2.31. The summed E-state index contributed by atoms with van der Waals surface area (Å²) in [6.45, 7) is 5.43. The molecular formula is C19H23ClN2O3. The molecule has 0 radical (unpaired) electrons. The van der Waals surface area contributed by atoms with Gasteiger partial charge in [0.2, 0.25) is 0 Å². The Hall–Kier alpha value is -2.40. The van der Waals surface area contributed by atoms with Gasteiger partial charge >= 0.3 is 0 Å². The Labute approximate surface area is 153 Å². The Morgan fingerprint density at radius 3 is 2.56 bits per heavy atom. The first-order valence-corrected chi connectivity index (χ1v) is 8.54. The number of methoxy groups -OCH3 is 1. The average Bonchev–Trinajstić information content (AvgIpc) is 2.62. The van der Waals surface area contributed by atoms with Crippen LogP contribution in [0.1, 0.15) is 25.0 Å². The minimum Gasteiger partial charge on any atom is -0.496 e. The van der Waals surface area contributed by atoms with Crippen molar-refractivity contribution in [3.8, 4) is 17.2 Å². The molecule has 0 fully saturated rings. The van der Waals surface area contributed by atoms with E-state index >= 15 is 0 Å². The van der Waals surface area contributed by atoms with Gasteiger partial charge < -0.3 is 19.6 Å². The van der Waals surface area contributed by atoms with E-state index in [4.69, 9.17) is 25.8 Å². The lowest BCUT2D eigenvalue weighted by molar-refractivity contribution is 0.288. The maximum atomic E-state index is 6.29. The van der Waals surface area contributed by atoms with Crippen LogP contribution in [0.3, 0.4) is 0 Å². The van der Waals surface area contributed by atoms with Crippen molar-refractivity contribution in [3.05, 3.63) is 52.5 Å². The van der Waals surface area contributed by atoms with E-state index in [1.807, 2.05) is 44.2 Å². The molecule has 0 aliphatic rings. The highest BCUT2D eigenvalue weighted by Gasteiger charge is 2.11. The van der Waals surface area contributed by atoms with Crippen molar-refractivity contribution in [2.45, 2.75) is 20.4 Å². The predicted octanol–water partition coefficient (Wildman–Crippen LogP) is 4.27. The fraction of sp³-hybridized carbons (Fsp3) is 0.316. The lowest BCUT2D eigenvalue weighted by Gasteiger charge is -2.13. The first-order chi connectivity index (χ1) is 12.2. The van der Waals surface area contributed by atoms with Crippen LogP contribution in [-0.2, 0) is 6.54 Å². The van der Waals surface area contributed by atoms with Crippen LogP contribution in [-0.4, -0.2) is 26.5 Å². The number of nitrogens with one attached hydrogen (secondary N) is 1. The lowest BCUT2D eigenvalue weighted by Crippen LogP contribution is -2.07. The van der Waals surface area contributed by atoms with Crippen molar-refractivity contribution < 1.29 is 14.2 Å². The maximum absolute atomic E-state index is 6.29. The van der Waals surface area contributed by atoms with Crippen molar-refractivity contribution in [1.29, 1.82) is 0 Å². The Kier molecular flexibility index (Phi) is 7.41. The molecule has 0 heterocycles. The van der Waals surface area contributed by atoms with Crippen molar-refractivity contribution in [2.24, 2.45) is 5.10 Å². The van der Waals surface area contributed by atoms with Gasteiger partial charge in [-0.2, -0.15) is 5.10 Å². The van der Waals surface area contributed by atoms with E-state index in [0.29, 0.717) is 36.3 Å². The van der Waals surface area contributed by atoms with Crippen LogP contribution in [0.2, 0.25) is 5.02 Å². The molecule has 1 N–H and O–H groups in total. The molecule has 0 aliphatic carbocycles. The van der Waals surface area contributed by atoms with Gasteiger partial charge in [-0.25, -0.2) is 0 Å². The molecule has 2 aromatic carbocycles. The Bertz CT molecular complexity index is 720. The van der Waals surface area contributed by atoms with Crippen LogP contribution in [0, 0.1) is 0 Å². The van der Waals surface area contributed by atoms with Crippen molar-refractivity contribution >= 4 is 17.8 Å². The van der Waals surface area contributed by atoms with Gasteiger partial charge in [0.25, 0.3) is 0 Å². The van der Waals surface area contributed by atoms with Crippen LogP contribution in [0.5, 0.6) is 17.2 Å². The van der Waals surface area contributed by atoms with Gasteiger partial charge in [0, 0.05) is 5.56 Å². The summed E-state index contributed by atoms with van der Waals surface area (Å²) in [5.74, 6) is 2.00. The molecule has 134 valence electrons. The molecule has 2 aromatic rings. The van der Waals surface area contributed by atoms with Gasteiger partial charge in [-0.05, 0) is 37.6 Å². The van der Waals surface area contributed by atoms with Crippen LogP contribution < -0.4 is 19.6 Å². The third kappa shape index (κ3) is 5.29. The summed E-state index contributed by atoms with van der Waals surface area (Å²) in [4.78, 5) is 0. The zero-order valence-electron chi connectivity index (χ0n) is 14.7. The summed E-state index contributed by atoms with van der Waals surface area (Å²) in [6.07, 6.45) is 1.69. The lowest BCUT2D eigenvalue weighted by atomic mass is 10.2. The summed E-state index contributed by atoms with van der Waals surface area (Å²) in [6, 6.07) is 11.5. The standard InChI is InChI=1S/C19H23ClN2O3/c1-4-24-18-11-14(10-16(20)19(18)25-5-2)12-21-22-13-15-8-6-7-9-17(15)23-3/h6-12,22H,4-5,13H2,1-3H3/b21-12-. The van der Waals surface area contributed by atoms with Crippen molar-refractivity contribution in [3.63, 3.8) is 0 Å². The van der Waals surface area contributed by atoms with E-state index in [2.05, 4.69) is 10.5 Å². The molecule has 5 nitrogen and oxygen atoms in total. The summed E-state index contributed by atoms with van der Waals surface area (Å²) in [5, 5.41) is 4.74. The molecule has 0 aromatic heterocycles. The van der Waals surface area contributed by atoms with Crippen LogP contribution in [0.25, 0.3) is 0 Å². The first kappa shape index (κ1) is 18.9. The molecule has 6 heteroatoms. The molecule has 0 saturated heterocycles. The second-order valence-corrected chi connectivity index (χ2v) is 5.51. The highest BCUT2D eigenvalue weighted by molar-refractivity contribution is 6.32. The highest BCUT2D eigenvalue weighted by atomic mass is 35.5. The van der Waals surface area contributed by atoms with Gasteiger partial charge in [-0.3, -0.25) is 0 Å². The van der Waals surface area contributed by atoms with Crippen LogP contribution in [0.15, 0.2) is 41.5 Å². The minimum atomic E-state index is 0.499. The summed E-state index contributed by atoms with van der Waals surface area (Å²) in [7, 11) is 1.65. The van der Waals surface area contributed by atoms with E-state index in [9.17, 15) is 0 Å². The summed E-state index contributed by atoms with van der Waals surface area (Å²) in [5.41, 5.74) is 4.86. The van der Waals surface area contributed by atoms with E-state index in [-0.39, 0.29) is 0 Å². The van der Waals surface area contributed by atoms with Gasteiger partial charge in [0.05, 0.1) is 38.1 Å². The van der Waals surface area contributed by atoms with Gasteiger partial charge in [-0.15, -0.1) is 0 Å². The fourth-order valence-corrected chi connectivity index (χ4v) is 2.58. The number of halogens is 1. The van der Waals surface area contributed by atoms with E-state index in [0.717, 1.165) is 16.9 Å². The number of ether oxygens (including phenoxy) is 3. The van der Waals surface area contributed by atoms with Gasteiger partial charge in [0.1, 0.15) is 5.75 Å². The summed E-state index contributed by atoms with van der Waals surface area (Å²) < 4.78 is 16.5. The molecule has 0 amide bonds. The number of benzene rings is 2. The minimum absolute atomic E-state index is 0.499. The van der Waals surface area contributed by atoms with E-state index in [1.54, 1.807) is 19.4 Å². The number of hydrazone groups is 1. The second kappa shape index (κ2) is 9.79. The largest absolute Gasteiger partial charge is 0.496 e. The number of rotatable bonds is 9. The molecule has 0 aliphatic heterocycles. The number of nitrogens with zero attached hydrogens (tertiary/aromatic N) is 1. The molecule has 0 atom stereocenters. The number of hydrogen-bond acceptors (Lipinski definition) is 5. The van der Waals surface area contributed by atoms with Crippen LogP contribution in [0.4, 0.5) is 0 Å². The molecule has 0 bridgehead atoms. The zero-order chi connectivity index (χ0) is 18.1. The number of hydrogen-bond donors (Lipinski definition) is 1. The number of para-hydroxylation sites is 1. The molecule has 25 heavy (non-hydrogen) atoms. The Morgan fingerprint density at radius 1 is 1.08 bits per heavy atom. The molecule has 0 unspecified atom stereocenters. The smallest absolute Gasteiger partial charge is 0.179 e. The third-order valence-corrected chi connectivity index (χ3v) is 3.67. The zero-order valence-corrected chi connectivity index (χ0v) is 15.5. The molecule has 2 rings (SSSR count).